The molecule has 0 spiro atoms. The topological polar surface area (TPSA) is 50.2 Å². The monoisotopic (exact) mass is 255 g/mol. The minimum atomic E-state index is -0.238. The Balaban J connectivity index is 2.45. The summed E-state index contributed by atoms with van der Waals surface area (Å²) in [4.78, 5) is 18.1. The normalized spacial score (nSPS) is 10.7. The molecule has 0 fully saturated rings. The Kier molecular flexibility index (Phi) is 2.53. The van der Waals surface area contributed by atoms with Crippen LogP contribution in [0.15, 0.2) is 53.5 Å². The number of benzene rings is 1. The quantitative estimate of drug-likeness (QED) is 0.679. The summed E-state index contributed by atoms with van der Waals surface area (Å²) in [6.07, 6.45) is 1.67. The first-order chi connectivity index (χ1) is 8.75. The smallest absolute Gasteiger partial charge is 0.253 e. The zero-order chi connectivity index (χ0) is 12.5. The second-order valence-electron chi connectivity index (χ2n) is 3.83. The number of fused-ring (bicyclic) bond motifs is 1. The fourth-order valence-corrected chi connectivity index (χ4v) is 2.20. The zero-order valence-corrected chi connectivity index (χ0v) is 10.1. The molecule has 88 valence electrons. The van der Waals surface area contributed by atoms with Gasteiger partial charge >= 0.3 is 0 Å². The molecule has 4 nitrogen and oxygen atoms in total. The van der Waals surface area contributed by atoms with E-state index in [0.717, 1.165) is 11.3 Å². The van der Waals surface area contributed by atoms with E-state index in [-0.39, 0.29) is 5.56 Å². The van der Waals surface area contributed by atoms with Crippen molar-refractivity contribution in [2.75, 3.05) is 0 Å². The molecule has 0 radical (unpaired) electrons. The number of rotatable bonds is 1. The third-order valence-electron chi connectivity index (χ3n) is 2.67. The number of aromatic amines is 1. The second-order valence-corrected chi connectivity index (χ2v) is 4.22. The Bertz CT molecular complexity index is 821. The highest BCUT2D eigenvalue weighted by Gasteiger charge is 2.04. The highest BCUT2D eigenvalue weighted by atomic mass is 32.1. The lowest BCUT2D eigenvalue weighted by Gasteiger charge is -2.08. The lowest BCUT2D eigenvalue weighted by atomic mass is 10.1. The SMILES string of the molecule is O=c1cc2nccc(-c3ccccc3)n2c(=S)[nH]1. The van der Waals surface area contributed by atoms with Crippen molar-refractivity contribution in [3.05, 3.63) is 63.8 Å². The lowest BCUT2D eigenvalue weighted by molar-refractivity contribution is 0.993. The molecule has 0 unspecified atom stereocenters. The summed E-state index contributed by atoms with van der Waals surface area (Å²) in [7, 11) is 0. The van der Waals surface area contributed by atoms with Gasteiger partial charge in [0.05, 0.1) is 5.69 Å². The van der Waals surface area contributed by atoms with Gasteiger partial charge in [0.1, 0.15) is 5.65 Å². The molecule has 0 atom stereocenters. The van der Waals surface area contributed by atoms with Crippen molar-refractivity contribution in [1.82, 2.24) is 14.4 Å². The minimum absolute atomic E-state index is 0.238. The van der Waals surface area contributed by atoms with E-state index >= 15 is 0 Å². The van der Waals surface area contributed by atoms with Crippen molar-refractivity contribution in [2.24, 2.45) is 0 Å². The summed E-state index contributed by atoms with van der Waals surface area (Å²) in [6.45, 7) is 0. The van der Waals surface area contributed by atoms with Crippen molar-refractivity contribution in [3.63, 3.8) is 0 Å². The molecule has 0 aliphatic heterocycles. The van der Waals surface area contributed by atoms with Gasteiger partial charge in [-0.1, -0.05) is 30.3 Å². The van der Waals surface area contributed by atoms with Gasteiger partial charge in [-0.3, -0.25) is 14.2 Å². The van der Waals surface area contributed by atoms with Crippen LogP contribution in [0.25, 0.3) is 16.9 Å². The van der Waals surface area contributed by atoms with Crippen LogP contribution in [0.3, 0.4) is 0 Å². The van der Waals surface area contributed by atoms with Crippen molar-refractivity contribution in [2.45, 2.75) is 0 Å². The first-order valence-corrected chi connectivity index (χ1v) is 5.83. The maximum Gasteiger partial charge on any atom is 0.253 e. The summed E-state index contributed by atoms with van der Waals surface area (Å²) < 4.78 is 2.11. The van der Waals surface area contributed by atoms with Crippen LogP contribution in [0.5, 0.6) is 0 Å². The van der Waals surface area contributed by atoms with Gasteiger partial charge in [0.25, 0.3) is 5.56 Å². The third kappa shape index (κ3) is 1.74. The fraction of sp³-hybridized carbons (Fsp3) is 0. The number of hydrogen-bond acceptors (Lipinski definition) is 3. The zero-order valence-electron chi connectivity index (χ0n) is 9.33. The average Bonchev–Trinajstić information content (AvgIpc) is 2.38. The summed E-state index contributed by atoms with van der Waals surface area (Å²) in [6, 6.07) is 13.1. The predicted octanol–water partition coefficient (Wildman–Crippen LogP) is 2.42. The van der Waals surface area contributed by atoms with Crippen LogP contribution in [-0.2, 0) is 0 Å². The van der Waals surface area contributed by atoms with E-state index < -0.39 is 0 Å². The second kappa shape index (κ2) is 4.19. The molecule has 0 saturated heterocycles. The molecule has 1 N–H and O–H groups in total. The molecule has 0 amide bonds. The van der Waals surface area contributed by atoms with Crippen molar-refractivity contribution < 1.29 is 0 Å². The van der Waals surface area contributed by atoms with Gasteiger partial charge in [0.2, 0.25) is 0 Å². The van der Waals surface area contributed by atoms with Gasteiger partial charge in [-0.2, -0.15) is 0 Å². The molecule has 0 bridgehead atoms. The molecule has 3 aromatic rings. The summed E-state index contributed by atoms with van der Waals surface area (Å²) in [5.41, 5.74) is 2.23. The number of H-pyrrole nitrogens is 1. The number of nitrogens with one attached hydrogen (secondary N) is 1. The van der Waals surface area contributed by atoms with Crippen molar-refractivity contribution in [3.8, 4) is 11.3 Å². The maximum absolute atomic E-state index is 11.4. The standard InChI is InChI=1S/C13H9N3OS/c17-12-8-11-14-7-6-10(16(11)13(18)15-12)9-4-2-1-3-5-9/h1-8H,(H,15,17,18). The molecular formula is C13H9N3OS. The molecule has 1 aromatic carbocycles. The number of hydrogen-bond donors (Lipinski definition) is 1. The van der Waals surface area contributed by atoms with Crippen LogP contribution in [0.1, 0.15) is 0 Å². The van der Waals surface area contributed by atoms with E-state index in [2.05, 4.69) is 9.97 Å². The molecule has 5 heteroatoms. The predicted molar refractivity (Wildman–Crippen MR) is 72.1 cm³/mol. The molecule has 2 aromatic heterocycles. The molecule has 0 aliphatic carbocycles. The Hall–Kier alpha value is -2.27. The largest absolute Gasteiger partial charge is 0.299 e. The van der Waals surface area contributed by atoms with Crippen molar-refractivity contribution >= 4 is 17.9 Å². The number of nitrogens with zero attached hydrogens (tertiary/aromatic N) is 2. The summed E-state index contributed by atoms with van der Waals surface area (Å²) in [5, 5.41) is 0. The summed E-state index contributed by atoms with van der Waals surface area (Å²) in [5.74, 6) is 0. The van der Waals surface area contributed by atoms with Crippen LogP contribution in [0, 0.1) is 4.77 Å². The van der Waals surface area contributed by atoms with E-state index in [9.17, 15) is 4.79 Å². The van der Waals surface area contributed by atoms with E-state index in [4.69, 9.17) is 12.2 Å². The van der Waals surface area contributed by atoms with E-state index in [1.165, 1.54) is 6.07 Å². The van der Waals surface area contributed by atoms with E-state index in [1.807, 2.05) is 36.4 Å². The lowest BCUT2D eigenvalue weighted by Crippen LogP contribution is -2.10. The summed E-state index contributed by atoms with van der Waals surface area (Å²) >= 11 is 5.20. The molecule has 3 rings (SSSR count). The first-order valence-electron chi connectivity index (χ1n) is 5.42. The third-order valence-corrected chi connectivity index (χ3v) is 2.96. The van der Waals surface area contributed by atoms with Crippen LogP contribution in [0.4, 0.5) is 0 Å². The van der Waals surface area contributed by atoms with Crippen LogP contribution in [0.2, 0.25) is 0 Å². The number of aromatic nitrogens is 3. The molecule has 0 aliphatic rings. The van der Waals surface area contributed by atoms with E-state index in [1.54, 1.807) is 10.6 Å². The molecule has 18 heavy (non-hydrogen) atoms. The van der Waals surface area contributed by atoms with Gasteiger partial charge < -0.3 is 0 Å². The molecule has 0 saturated carbocycles. The highest BCUT2D eigenvalue weighted by molar-refractivity contribution is 7.71. The van der Waals surface area contributed by atoms with Gasteiger partial charge in [-0.15, -0.1) is 0 Å². The molecular weight excluding hydrogens is 246 g/mol. The minimum Gasteiger partial charge on any atom is -0.299 e. The Labute approximate surface area is 108 Å². The first kappa shape index (κ1) is 10.9. The van der Waals surface area contributed by atoms with Gasteiger partial charge in [-0.25, -0.2) is 4.98 Å². The van der Waals surface area contributed by atoms with E-state index in [0.29, 0.717) is 10.4 Å². The molecule has 2 heterocycles. The Morgan fingerprint density at radius 1 is 1.17 bits per heavy atom. The maximum atomic E-state index is 11.4. The van der Waals surface area contributed by atoms with Crippen molar-refractivity contribution in [1.29, 1.82) is 0 Å². The Morgan fingerprint density at radius 3 is 2.72 bits per heavy atom. The fourth-order valence-electron chi connectivity index (χ4n) is 1.90. The van der Waals surface area contributed by atoms with Crippen LogP contribution < -0.4 is 5.56 Å². The average molecular weight is 255 g/mol. The van der Waals surface area contributed by atoms with Gasteiger partial charge in [0.15, 0.2) is 4.77 Å². The van der Waals surface area contributed by atoms with Gasteiger partial charge in [-0.05, 0) is 23.8 Å². The Morgan fingerprint density at radius 2 is 1.94 bits per heavy atom. The highest BCUT2D eigenvalue weighted by Crippen LogP contribution is 2.18. The van der Waals surface area contributed by atoms with Gasteiger partial charge in [0, 0.05) is 12.3 Å². The van der Waals surface area contributed by atoms with Crippen LogP contribution in [-0.4, -0.2) is 14.4 Å². The van der Waals surface area contributed by atoms with Crippen LogP contribution >= 0.6 is 12.2 Å².